The first-order valence-corrected chi connectivity index (χ1v) is 5.32. The van der Waals surface area contributed by atoms with Crippen molar-refractivity contribution in [3.05, 3.63) is 34.1 Å². The zero-order valence-electron chi connectivity index (χ0n) is 8.31. The molecular weight excluding hydrogens is 263 g/mol. The van der Waals surface area contributed by atoms with E-state index in [0.29, 0.717) is 23.1 Å². The van der Waals surface area contributed by atoms with Gasteiger partial charge in [0.15, 0.2) is 0 Å². The molecule has 0 aromatic heterocycles. The van der Waals surface area contributed by atoms with E-state index in [1.54, 1.807) is 7.05 Å². The van der Waals surface area contributed by atoms with Crippen molar-refractivity contribution in [3.8, 4) is 0 Å². The fourth-order valence-electron chi connectivity index (χ4n) is 1.07. The number of amides is 1. The standard InChI is InChI=1S/C10H12BrFN2O/c1-13-4-5-14-10(15)8-6-7(12)2-3-9(8)11/h2-3,6,13H,4-5H2,1H3,(H,14,15). The predicted octanol–water partition coefficient (Wildman–Crippen LogP) is 1.54. The van der Waals surface area contributed by atoms with Crippen molar-refractivity contribution in [1.29, 1.82) is 0 Å². The molecule has 1 aromatic carbocycles. The van der Waals surface area contributed by atoms with E-state index in [4.69, 9.17) is 0 Å². The molecule has 3 nitrogen and oxygen atoms in total. The molecule has 0 aliphatic heterocycles. The summed E-state index contributed by atoms with van der Waals surface area (Å²) >= 11 is 3.20. The van der Waals surface area contributed by atoms with Crippen LogP contribution in [0, 0.1) is 5.82 Å². The number of likely N-dealkylation sites (N-methyl/N-ethyl adjacent to an activating group) is 1. The average Bonchev–Trinajstić information content (AvgIpc) is 2.22. The van der Waals surface area contributed by atoms with Crippen LogP contribution in [0.4, 0.5) is 4.39 Å². The fourth-order valence-corrected chi connectivity index (χ4v) is 1.49. The van der Waals surface area contributed by atoms with Crippen LogP contribution in [-0.4, -0.2) is 26.0 Å². The number of nitrogens with one attached hydrogen (secondary N) is 2. The van der Waals surface area contributed by atoms with Gasteiger partial charge in [-0.3, -0.25) is 4.79 Å². The predicted molar refractivity (Wildman–Crippen MR) is 60.4 cm³/mol. The van der Waals surface area contributed by atoms with Crippen molar-refractivity contribution in [2.24, 2.45) is 0 Å². The topological polar surface area (TPSA) is 41.1 Å². The van der Waals surface area contributed by atoms with Gasteiger partial charge in [-0.2, -0.15) is 0 Å². The van der Waals surface area contributed by atoms with E-state index in [9.17, 15) is 9.18 Å². The summed E-state index contributed by atoms with van der Waals surface area (Å²) in [5.41, 5.74) is 0.311. The van der Waals surface area contributed by atoms with E-state index >= 15 is 0 Å². The molecule has 0 aliphatic carbocycles. The number of carbonyl (C=O) groups is 1. The van der Waals surface area contributed by atoms with Crippen LogP contribution < -0.4 is 10.6 Å². The van der Waals surface area contributed by atoms with E-state index in [1.165, 1.54) is 18.2 Å². The summed E-state index contributed by atoms with van der Waals surface area (Å²) in [4.78, 5) is 11.6. The number of hydrogen-bond donors (Lipinski definition) is 2. The van der Waals surface area contributed by atoms with Gasteiger partial charge in [-0.05, 0) is 41.2 Å². The Labute approximate surface area is 96.2 Å². The Morgan fingerprint density at radius 1 is 1.47 bits per heavy atom. The van der Waals surface area contributed by atoms with E-state index in [1.807, 2.05) is 0 Å². The number of hydrogen-bond acceptors (Lipinski definition) is 2. The summed E-state index contributed by atoms with van der Waals surface area (Å²) in [6, 6.07) is 4.02. The van der Waals surface area contributed by atoms with Crippen LogP contribution in [0.5, 0.6) is 0 Å². The lowest BCUT2D eigenvalue weighted by Gasteiger charge is -2.06. The van der Waals surface area contributed by atoms with Gasteiger partial charge in [0.05, 0.1) is 5.56 Å². The quantitative estimate of drug-likeness (QED) is 0.818. The molecule has 0 bridgehead atoms. The summed E-state index contributed by atoms with van der Waals surface area (Å²) < 4.78 is 13.5. The van der Waals surface area contributed by atoms with Crippen molar-refractivity contribution in [2.75, 3.05) is 20.1 Å². The van der Waals surface area contributed by atoms with E-state index in [2.05, 4.69) is 26.6 Å². The highest BCUT2D eigenvalue weighted by atomic mass is 79.9. The summed E-state index contributed by atoms with van der Waals surface area (Å²) in [6.07, 6.45) is 0. The smallest absolute Gasteiger partial charge is 0.252 e. The van der Waals surface area contributed by atoms with E-state index in [-0.39, 0.29) is 5.91 Å². The summed E-state index contributed by atoms with van der Waals surface area (Å²) in [5.74, 6) is -0.700. The molecule has 1 aromatic rings. The third-order valence-corrected chi connectivity index (χ3v) is 2.53. The van der Waals surface area contributed by atoms with Crippen molar-refractivity contribution in [2.45, 2.75) is 0 Å². The lowest BCUT2D eigenvalue weighted by Crippen LogP contribution is -2.30. The maximum absolute atomic E-state index is 12.9. The Morgan fingerprint density at radius 2 is 2.20 bits per heavy atom. The average molecular weight is 275 g/mol. The molecule has 1 amide bonds. The van der Waals surface area contributed by atoms with Gasteiger partial charge >= 0.3 is 0 Å². The monoisotopic (exact) mass is 274 g/mol. The summed E-state index contributed by atoms with van der Waals surface area (Å²) in [7, 11) is 1.80. The van der Waals surface area contributed by atoms with Crippen molar-refractivity contribution in [3.63, 3.8) is 0 Å². The Morgan fingerprint density at radius 3 is 2.87 bits per heavy atom. The first-order chi connectivity index (χ1) is 7.15. The van der Waals surface area contributed by atoms with Gasteiger partial charge in [-0.25, -0.2) is 4.39 Å². The van der Waals surface area contributed by atoms with Gasteiger partial charge in [0.2, 0.25) is 0 Å². The Balaban J connectivity index is 2.68. The molecule has 0 spiro atoms. The Kier molecular flexibility index (Phi) is 4.71. The molecule has 0 heterocycles. The zero-order valence-corrected chi connectivity index (χ0v) is 9.90. The second kappa shape index (κ2) is 5.82. The van der Waals surface area contributed by atoms with Crippen molar-refractivity contribution in [1.82, 2.24) is 10.6 Å². The molecule has 15 heavy (non-hydrogen) atoms. The molecule has 2 N–H and O–H groups in total. The number of carbonyl (C=O) groups excluding carboxylic acids is 1. The van der Waals surface area contributed by atoms with Gasteiger partial charge in [0.25, 0.3) is 5.91 Å². The van der Waals surface area contributed by atoms with Crippen LogP contribution in [0.25, 0.3) is 0 Å². The van der Waals surface area contributed by atoms with Crippen molar-refractivity contribution < 1.29 is 9.18 Å². The molecule has 0 saturated carbocycles. The molecular formula is C10H12BrFN2O. The van der Waals surface area contributed by atoms with Crippen LogP contribution in [-0.2, 0) is 0 Å². The number of rotatable bonds is 4. The third kappa shape index (κ3) is 3.60. The number of halogens is 2. The Bertz CT molecular complexity index is 357. The molecule has 5 heteroatoms. The Hall–Kier alpha value is -0.940. The molecule has 0 unspecified atom stereocenters. The van der Waals surface area contributed by atoms with Crippen LogP contribution in [0.3, 0.4) is 0 Å². The molecule has 0 fully saturated rings. The van der Waals surface area contributed by atoms with Gasteiger partial charge < -0.3 is 10.6 Å². The van der Waals surface area contributed by atoms with E-state index in [0.717, 1.165) is 0 Å². The lowest BCUT2D eigenvalue weighted by molar-refractivity contribution is 0.0953. The van der Waals surface area contributed by atoms with Gasteiger partial charge in [0, 0.05) is 17.6 Å². The molecule has 82 valence electrons. The first-order valence-electron chi connectivity index (χ1n) is 4.53. The minimum Gasteiger partial charge on any atom is -0.351 e. The molecule has 0 radical (unpaired) electrons. The van der Waals surface area contributed by atoms with Gasteiger partial charge in [-0.1, -0.05) is 0 Å². The molecule has 0 aliphatic rings. The maximum atomic E-state index is 12.9. The van der Waals surface area contributed by atoms with Crippen LogP contribution in [0.1, 0.15) is 10.4 Å². The largest absolute Gasteiger partial charge is 0.351 e. The third-order valence-electron chi connectivity index (χ3n) is 1.83. The van der Waals surface area contributed by atoms with Crippen molar-refractivity contribution >= 4 is 21.8 Å². The van der Waals surface area contributed by atoms with Gasteiger partial charge in [-0.15, -0.1) is 0 Å². The van der Waals surface area contributed by atoms with Crippen LogP contribution in [0.15, 0.2) is 22.7 Å². The summed E-state index contributed by atoms with van der Waals surface area (Å²) in [6.45, 7) is 1.19. The molecule has 0 atom stereocenters. The fraction of sp³-hybridized carbons (Fsp3) is 0.300. The second-order valence-electron chi connectivity index (χ2n) is 2.98. The summed E-state index contributed by atoms with van der Waals surface area (Å²) in [5, 5.41) is 5.57. The van der Waals surface area contributed by atoms with Gasteiger partial charge in [0.1, 0.15) is 5.82 Å². The normalized spacial score (nSPS) is 10.1. The minimum atomic E-state index is -0.419. The highest BCUT2D eigenvalue weighted by molar-refractivity contribution is 9.10. The first kappa shape index (κ1) is 12.1. The van der Waals surface area contributed by atoms with Crippen LogP contribution >= 0.6 is 15.9 Å². The zero-order chi connectivity index (χ0) is 11.3. The SMILES string of the molecule is CNCCNC(=O)c1cc(F)ccc1Br. The highest BCUT2D eigenvalue weighted by Gasteiger charge is 2.09. The molecule has 0 saturated heterocycles. The number of benzene rings is 1. The van der Waals surface area contributed by atoms with E-state index < -0.39 is 5.82 Å². The second-order valence-corrected chi connectivity index (χ2v) is 3.84. The minimum absolute atomic E-state index is 0.281. The molecule has 1 rings (SSSR count). The van der Waals surface area contributed by atoms with Crippen LogP contribution in [0.2, 0.25) is 0 Å². The highest BCUT2D eigenvalue weighted by Crippen LogP contribution is 2.17. The lowest BCUT2D eigenvalue weighted by atomic mass is 10.2. The maximum Gasteiger partial charge on any atom is 0.252 e.